The summed E-state index contributed by atoms with van der Waals surface area (Å²) >= 11 is 5.90. The molecule has 0 amide bonds. The Morgan fingerprint density at radius 2 is 1.83 bits per heavy atom. The van der Waals surface area contributed by atoms with E-state index in [-0.39, 0.29) is 13.3 Å². The number of alkyl halides is 3. The molecule has 1 aromatic carbocycles. The molecule has 0 radical (unpaired) electrons. The van der Waals surface area contributed by atoms with Crippen molar-refractivity contribution in [3.05, 3.63) is 77.5 Å². The quantitative estimate of drug-likeness (QED) is 0.279. The molecule has 4 aromatic rings. The average molecular weight is 505 g/mol. The number of nitrogens with zero attached hydrogens (tertiary/aromatic N) is 4. The smallest absolute Gasteiger partial charge is 0.417 e. The predicted molar refractivity (Wildman–Crippen MR) is 123 cm³/mol. The monoisotopic (exact) mass is 504 g/mol. The first-order valence-electron chi connectivity index (χ1n) is 10.3. The van der Waals surface area contributed by atoms with Crippen molar-refractivity contribution in [2.45, 2.75) is 19.5 Å². The van der Waals surface area contributed by atoms with Crippen molar-refractivity contribution in [3.8, 4) is 34.1 Å². The summed E-state index contributed by atoms with van der Waals surface area (Å²) in [6.45, 7) is 0.269. The maximum Gasteiger partial charge on any atom is 0.417 e. The number of hydrogen-bond donors (Lipinski definition) is 0. The van der Waals surface area contributed by atoms with Gasteiger partial charge in [-0.1, -0.05) is 11.6 Å². The van der Waals surface area contributed by atoms with Crippen LogP contribution in [0.25, 0.3) is 22.6 Å². The molecule has 4 rings (SSSR count). The Balaban J connectivity index is 1.56. The summed E-state index contributed by atoms with van der Waals surface area (Å²) in [7, 11) is 3.11. The molecule has 0 bridgehead atoms. The normalized spacial score (nSPS) is 11.5. The highest BCUT2D eigenvalue weighted by molar-refractivity contribution is 6.29. The third kappa shape index (κ3) is 5.72. The second kappa shape index (κ2) is 10.3. The Morgan fingerprint density at radius 1 is 1.00 bits per heavy atom. The number of ether oxygens (including phenoxy) is 3. The molecule has 11 heteroatoms. The van der Waals surface area contributed by atoms with E-state index in [0.29, 0.717) is 39.4 Å². The van der Waals surface area contributed by atoms with Gasteiger partial charge in [0.2, 0.25) is 0 Å². The van der Waals surface area contributed by atoms with Crippen LogP contribution in [-0.2, 0) is 24.3 Å². The predicted octanol–water partition coefficient (Wildman–Crippen LogP) is 5.87. The third-order valence-corrected chi connectivity index (χ3v) is 5.24. The molecular weight excluding hydrogens is 485 g/mol. The van der Waals surface area contributed by atoms with Crippen molar-refractivity contribution in [1.29, 1.82) is 0 Å². The fourth-order valence-corrected chi connectivity index (χ4v) is 3.44. The molecule has 0 atom stereocenters. The molecule has 3 heterocycles. The molecule has 182 valence electrons. The average Bonchev–Trinajstić information content (AvgIpc) is 3.26. The van der Waals surface area contributed by atoms with Crippen LogP contribution in [0.5, 0.6) is 11.5 Å². The SMILES string of the molecule is COCn1cc(-c2ccc(OCc3ccc(C(F)(F)F)cn3)cc2OC)nc1-c1ccc(Cl)nc1. The molecule has 7 nitrogen and oxygen atoms in total. The zero-order valence-corrected chi connectivity index (χ0v) is 19.5. The molecule has 3 aromatic heterocycles. The summed E-state index contributed by atoms with van der Waals surface area (Å²) < 4.78 is 56.5. The third-order valence-electron chi connectivity index (χ3n) is 5.02. The van der Waals surface area contributed by atoms with Crippen LogP contribution in [0.2, 0.25) is 5.15 Å². The van der Waals surface area contributed by atoms with Crippen molar-refractivity contribution in [2.24, 2.45) is 0 Å². The van der Waals surface area contributed by atoms with E-state index in [4.69, 9.17) is 30.8 Å². The minimum Gasteiger partial charge on any atom is -0.496 e. The van der Waals surface area contributed by atoms with Gasteiger partial charge in [-0.05, 0) is 36.4 Å². The number of halogens is 4. The van der Waals surface area contributed by atoms with Crippen LogP contribution in [0.4, 0.5) is 13.2 Å². The molecule has 0 fully saturated rings. The van der Waals surface area contributed by atoms with Gasteiger partial charge in [0.05, 0.1) is 24.1 Å². The Hall–Kier alpha value is -3.63. The molecule has 0 aliphatic heterocycles. The molecule has 35 heavy (non-hydrogen) atoms. The maximum atomic E-state index is 12.7. The Morgan fingerprint density at radius 3 is 2.46 bits per heavy atom. The van der Waals surface area contributed by atoms with E-state index in [9.17, 15) is 13.2 Å². The summed E-state index contributed by atoms with van der Waals surface area (Å²) in [5.41, 5.74) is 1.67. The lowest BCUT2D eigenvalue weighted by atomic mass is 10.1. The number of methoxy groups -OCH3 is 2. The molecule has 0 aliphatic carbocycles. The first kappa shape index (κ1) is 24.5. The van der Waals surface area contributed by atoms with Crippen LogP contribution < -0.4 is 9.47 Å². The Kier molecular flexibility index (Phi) is 7.23. The fraction of sp³-hybridized carbons (Fsp3) is 0.208. The Bertz CT molecular complexity index is 1290. The van der Waals surface area contributed by atoms with Gasteiger partial charge in [-0.3, -0.25) is 4.98 Å². The zero-order chi connectivity index (χ0) is 25.0. The molecule has 0 aliphatic rings. The summed E-state index contributed by atoms with van der Waals surface area (Å²) in [6, 6.07) is 10.9. The highest BCUT2D eigenvalue weighted by atomic mass is 35.5. The van der Waals surface area contributed by atoms with Gasteiger partial charge in [-0.2, -0.15) is 13.2 Å². The second-order valence-corrected chi connectivity index (χ2v) is 7.78. The fourth-order valence-electron chi connectivity index (χ4n) is 3.33. The summed E-state index contributed by atoms with van der Waals surface area (Å²) in [4.78, 5) is 12.7. The van der Waals surface area contributed by atoms with Crippen molar-refractivity contribution >= 4 is 11.6 Å². The molecular formula is C24H20ClF3N4O3. The number of aromatic nitrogens is 4. The van der Waals surface area contributed by atoms with Gasteiger partial charge in [0.25, 0.3) is 0 Å². The molecule has 0 spiro atoms. The van der Waals surface area contributed by atoms with Gasteiger partial charge < -0.3 is 18.8 Å². The van der Waals surface area contributed by atoms with Gasteiger partial charge in [-0.15, -0.1) is 0 Å². The second-order valence-electron chi connectivity index (χ2n) is 7.39. The van der Waals surface area contributed by atoms with Crippen LogP contribution in [-0.4, -0.2) is 33.7 Å². The topological polar surface area (TPSA) is 71.3 Å². The zero-order valence-electron chi connectivity index (χ0n) is 18.7. The van der Waals surface area contributed by atoms with Crippen LogP contribution in [0.15, 0.2) is 61.1 Å². The number of imidazole rings is 1. The van der Waals surface area contributed by atoms with Crippen molar-refractivity contribution in [3.63, 3.8) is 0 Å². The lowest BCUT2D eigenvalue weighted by Crippen LogP contribution is -2.06. The molecule has 0 unspecified atom stereocenters. The largest absolute Gasteiger partial charge is 0.496 e. The minimum absolute atomic E-state index is 0.00316. The van der Waals surface area contributed by atoms with Gasteiger partial charge in [0.1, 0.15) is 35.8 Å². The number of hydrogen-bond acceptors (Lipinski definition) is 6. The lowest BCUT2D eigenvalue weighted by molar-refractivity contribution is -0.137. The van der Waals surface area contributed by atoms with Crippen molar-refractivity contribution in [2.75, 3.05) is 14.2 Å². The minimum atomic E-state index is -4.43. The first-order chi connectivity index (χ1) is 16.8. The van der Waals surface area contributed by atoms with Crippen LogP contribution >= 0.6 is 11.6 Å². The maximum absolute atomic E-state index is 12.7. The van der Waals surface area contributed by atoms with Gasteiger partial charge >= 0.3 is 6.18 Å². The Labute approximate surface area is 204 Å². The number of benzene rings is 1. The van der Waals surface area contributed by atoms with E-state index < -0.39 is 11.7 Å². The van der Waals surface area contributed by atoms with E-state index in [1.54, 1.807) is 37.6 Å². The van der Waals surface area contributed by atoms with Gasteiger partial charge in [-0.25, -0.2) is 9.97 Å². The van der Waals surface area contributed by atoms with Gasteiger partial charge in [0, 0.05) is 42.9 Å². The van der Waals surface area contributed by atoms with E-state index in [1.165, 1.54) is 13.2 Å². The van der Waals surface area contributed by atoms with E-state index >= 15 is 0 Å². The van der Waals surface area contributed by atoms with Crippen LogP contribution in [0.3, 0.4) is 0 Å². The van der Waals surface area contributed by atoms with E-state index in [0.717, 1.165) is 17.8 Å². The number of pyridine rings is 2. The van der Waals surface area contributed by atoms with Gasteiger partial charge in [0.15, 0.2) is 0 Å². The first-order valence-corrected chi connectivity index (χ1v) is 10.7. The van der Waals surface area contributed by atoms with E-state index in [2.05, 4.69) is 9.97 Å². The molecule has 0 saturated carbocycles. The number of rotatable bonds is 8. The lowest BCUT2D eigenvalue weighted by Gasteiger charge is -2.11. The summed E-state index contributed by atoms with van der Waals surface area (Å²) in [5, 5.41) is 0.377. The van der Waals surface area contributed by atoms with Crippen LogP contribution in [0.1, 0.15) is 11.3 Å². The van der Waals surface area contributed by atoms with Crippen molar-refractivity contribution < 1.29 is 27.4 Å². The summed E-state index contributed by atoms with van der Waals surface area (Å²) in [6.07, 6.45) is -0.190. The highest BCUT2D eigenvalue weighted by Crippen LogP contribution is 2.35. The van der Waals surface area contributed by atoms with Crippen molar-refractivity contribution in [1.82, 2.24) is 19.5 Å². The summed E-state index contributed by atoms with van der Waals surface area (Å²) in [5.74, 6) is 1.61. The van der Waals surface area contributed by atoms with E-state index in [1.807, 2.05) is 16.8 Å². The standard InChI is InChI=1S/C24H20ClF3N4O3/c1-33-14-32-12-20(31-23(32)15-3-8-22(25)30-10-15)19-7-6-18(9-21(19)34-2)35-13-17-5-4-16(11-29-17)24(26,27)28/h3-12H,13-14H2,1-2H3. The van der Waals surface area contributed by atoms with Crippen LogP contribution in [0, 0.1) is 0 Å². The molecule has 0 N–H and O–H groups in total. The highest BCUT2D eigenvalue weighted by Gasteiger charge is 2.30. The molecule has 0 saturated heterocycles.